The Labute approximate surface area is 214 Å². The van der Waals surface area contributed by atoms with Gasteiger partial charge < -0.3 is 9.47 Å². The van der Waals surface area contributed by atoms with E-state index in [1.807, 2.05) is 6.92 Å². The molecule has 0 aromatic rings. The summed E-state index contributed by atoms with van der Waals surface area (Å²) >= 11 is 0. The number of esters is 2. The molecule has 0 aliphatic carbocycles. The number of ether oxygens (including phenoxy) is 2. The molecule has 1 atom stereocenters. The third kappa shape index (κ3) is 18.9. The largest absolute Gasteiger partial charge is 0.466 e. The van der Waals surface area contributed by atoms with Gasteiger partial charge in [-0.25, -0.2) is 0 Å². The predicted octanol–water partition coefficient (Wildman–Crippen LogP) is 2.90. The van der Waals surface area contributed by atoms with E-state index in [1.165, 1.54) is 6.42 Å². The van der Waals surface area contributed by atoms with Crippen molar-refractivity contribution in [3.05, 3.63) is 0 Å². The topological polar surface area (TPSA) is 107 Å². The molecule has 7 nitrogen and oxygen atoms in total. The average molecular weight is 441 g/mol. The Balaban J connectivity index is -0.00000312. The van der Waals surface area contributed by atoms with Crippen LogP contribution >= 0.6 is 0 Å². The van der Waals surface area contributed by atoms with Crippen LogP contribution in [0.5, 0.6) is 0 Å². The van der Waals surface area contributed by atoms with Gasteiger partial charge in [-0.05, 0) is 12.8 Å². The maximum Gasteiger partial charge on any atom is 0.327 e. The monoisotopic (exact) mass is 440 g/mol. The van der Waals surface area contributed by atoms with Crippen molar-refractivity contribution >= 4 is 81.2 Å². The summed E-state index contributed by atoms with van der Waals surface area (Å²) in [5, 5.41) is -1.93. The number of unbranched alkanes of at least 4 members (excludes halogenated alkanes) is 8. The molecule has 0 bridgehead atoms. The van der Waals surface area contributed by atoms with E-state index in [9.17, 15) is 22.6 Å². The minimum Gasteiger partial charge on any atom is -0.466 e. The average Bonchev–Trinajstić information content (AvgIpc) is 2.57. The van der Waals surface area contributed by atoms with Gasteiger partial charge in [0.25, 0.3) is 10.1 Å². The van der Waals surface area contributed by atoms with E-state index in [4.69, 9.17) is 9.47 Å². The van der Waals surface area contributed by atoms with Gasteiger partial charge >= 0.3 is 11.9 Å². The molecule has 0 saturated carbocycles. The van der Waals surface area contributed by atoms with Crippen LogP contribution < -0.4 is 0 Å². The number of carbonyl (C=O) groups is 2. The molecule has 10 heteroatoms. The van der Waals surface area contributed by atoms with Crippen LogP contribution in [0.1, 0.15) is 84.5 Å². The van der Waals surface area contributed by atoms with Crippen LogP contribution in [0, 0.1) is 0 Å². The molecule has 2 radical (unpaired) electrons. The number of hydrogen-bond acceptors (Lipinski definition) is 6. The standard InChI is InChI=1S/C18H34O7S.2Na/c1-3-5-7-9-10-12-13-24-17(19)15-16(26(21,22)23)18(20)25-14-11-8-6-4-2;;/h16H,3-15H2,1-2H3,(H,21,22,23);;. The predicted molar refractivity (Wildman–Crippen MR) is 111 cm³/mol. The second-order valence-corrected chi connectivity index (χ2v) is 8.02. The maximum atomic E-state index is 11.9. The van der Waals surface area contributed by atoms with E-state index in [0.717, 1.165) is 44.9 Å². The van der Waals surface area contributed by atoms with Crippen molar-refractivity contribution < 1.29 is 32.0 Å². The van der Waals surface area contributed by atoms with Gasteiger partial charge in [-0.3, -0.25) is 14.1 Å². The molecule has 0 fully saturated rings. The van der Waals surface area contributed by atoms with Crippen molar-refractivity contribution in [1.82, 2.24) is 0 Å². The summed E-state index contributed by atoms with van der Waals surface area (Å²) < 4.78 is 41.8. The summed E-state index contributed by atoms with van der Waals surface area (Å²) in [6.07, 6.45) is 8.89. The zero-order valence-electron chi connectivity index (χ0n) is 18.1. The van der Waals surface area contributed by atoms with E-state index >= 15 is 0 Å². The Bertz CT molecular complexity index is 498. The molecule has 0 saturated heterocycles. The Morgan fingerprint density at radius 2 is 1.21 bits per heavy atom. The molecule has 0 aromatic carbocycles. The van der Waals surface area contributed by atoms with Crippen LogP contribution in [0.25, 0.3) is 0 Å². The third-order valence-corrected chi connectivity index (χ3v) is 5.06. The minimum absolute atomic E-state index is 0. The second-order valence-electron chi connectivity index (χ2n) is 6.42. The first-order chi connectivity index (χ1) is 12.3. The quantitative estimate of drug-likeness (QED) is 0.170. The smallest absolute Gasteiger partial charge is 0.327 e. The fourth-order valence-corrected chi connectivity index (χ4v) is 3.04. The van der Waals surface area contributed by atoms with E-state index in [-0.39, 0.29) is 72.3 Å². The van der Waals surface area contributed by atoms with Crippen molar-refractivity contribution in [3.8, 4) is 0 Å². The van der Waals surface area contributed by atoms with Gasteiger partial charge in [0.2, 0.25) is 0 Å². The molecular weight excluding hydrogens is 406 g/mol. The zero-order chi connectivity index (χ0) is 19.8. The van der Waals surface area contributed by atoms with Gasteiger partial charge in [0.15, 0.2) is 5.25 Å². The van der Waals surface area contributed by atoms with Crippen molar-refractivity contribution in [3.63, 3.8) is 0 Å². The Morgan fingerprint density at radius 1 is 0.786 bits per heavy atom. The molecular formula is C18H34Na2O7S. The fourth-order valence-electron chi connectivity index (χ4n) is 2.38. The summed E-state index contributed by atoms with van der Waals surface area (Å²) in [4.78, 5) is 23.6. The number of carbonyl (C=O) groups excluding carboxylic acids is 2. The first-order valence-corrected chi connectivity index (χ1v) is 11.1. The van der Waals surface area contributed by atoms with Crippen LogP contribution in [0.3, 0.4) is 0 Å². The second kappa shape index (κ2) is 21.1. The molecule has 0 aromatic heterocycles. The normalized spacial score (nSPS) is 11.7. The summed E-state index contributed by atoms with van der Waals surface area (Å²) in [6, 6.07) is 0. The summed E-state index contributed by atoms with van der Waals surface area (Å²) in [7, 11) is -4.73. The van der Waals surface area contributed by atoms with Crippen LogP contribution in [0.15, 0.2) is 0 Å². The van der Waals surface area contributed by atoms with Gasteiger partial charge in [0.1, 0.15) is 0 Å². The SMILES string of the molecule is CCCCCCCCOC(=O)CC(C(=O)OCCCCCC)S(=O)(=O)O.[Na].[Na]. The Hall–Kier alpha value is 0.850. The van der Waals surface area contributed by atoms with Gasteiger partial charge in [0.05, 0.1) is 19.6 Å². The van der Waals surface area contributed by atoms with Gasteiger partial charge in [-0.1, -0.05) is 65.2 Å². The maximum absolute atomic E-state index is 11.9. The van der Waals surface area contributed by atoms with Crippen molar-refractivity contribution in [1.29, 1.82) is 0 Å². The summed E-state index contributed by atoms with van der Waals surface area (Å²) in [5.74, 6) is -1.94. The van der Waals surface area contributed by atoms with Gasteiger partial charge in [0, 0.05) is 59.1 Å². The first-order valence-electron chi connectivity index (χ1n) is 9.61. The molecule has 0 spiro atoms. The van der Waals surface area contributed by atoms with E-state index in [1.54, 1.807) is 0 Å². The summed E-state index contributed by atoms with van der Waals surface area (Å²) in [6.45, 7) is 4.41. The third-order valence-electron chi connectivity index (χ3n) is 3.98. The molecule has 0 aliphatic heterocycles. The molecule has 0 aliphatic rings. The van der Waals surface area contributed by atoms with Crippen molar-refractivity contribution in [2.75, 3.05) is 13.2 Å². The molecule has 0 heterocycles. The number of rotatable bonds is 16. The first kappa shape index (κ1) is 33.5. The molecule has 0 rings (SSSR count). The van der Waals surface area contributed by atoms with Gasteiger partial charge in [-0.2, -0.15) is 8.42 Å². The number of hydrogen-bond donors (Lipinski definition) is 1. The Kier molecular flexibility index (Phi) is 25.2. The van der Waals surface area contributed by atoms with E-state index in [0.29, 0.717) is 12.8 Å². The van der Waals surface area contributed by atoms with Crippen molar-refractivity contribution in [2.45, 2.75) is 89.7 Å². The van der Waals surface area contributed by atoms with E-state index < -0.39 is 33.7 Å². The molecule has 1 unspecified atom stereocenters. The Morgan fingerprint density at radius 3 is 1.71 bits per heavy atom. The summed E-state index contributed by atoms with van der Waals surface area (Å²) in [5.41, 5.74) is 0. The molecule has 1 N–H and O–H groups in total. The van der Waals surface area contributed by atoms with Crippen LogP contribution in [-0.4, -0.2) is 102 Å². The molecule has 28 heavy (non-hydrogen) atoms. The van der Waals surface area contributed by atoms with E-state index in [2.05, 4.69) is 6.92 Å². The molecule has 156 valence electrons. The minimum atomic E-state index is -4.73. The zero-order valence-corrected chi connectivity index (χ0v) is 22.9. The fraction of sp³-hybridized carbons (Fsp3) is 0.889. The van der Waals surface area contributed by atoms with Crippen molar-refractivity contribution in [2.24, 2.45) is 0 Å². The van der Waals surface area contributed by atoms with Crippen LogP contribution in [0.4, 0.5) is 0 Å². The van der Waals surface area contributed by atoms with Crippen LogP contribution in [-0.2, 0) is 29.2 Å². The molecule has 0 amide bonds. The van der Waals surface area contributed by atoms with Crippen LogP contribution in [0.2, 0.25) is 0 Å². The van der Waals surface area contributed by atoms with Gasteiger partial charge in [-0.15, -0.1) is 0 Å².